The van der Waals surface area contributed by atoms with Crippen molar-refractivity contribution in [3.05, 3.63) is 22.1 Å². The Balaban J connectivity index is 2.65. The molecule has 0 spiro atoms. The Kier molecular flexibility index (Phi) is 3.90. The Bertz CT molecular complexity index is 415. The number of aromatic nitrogens is 2. The van der Waals surface area contributed by atoms with Crippen molar-refractivity contribution in [3.8, 4) is 0 Å². The van der Waals surface area contributed by atoms with E-state index < -0.39 is 0 Å². The minimum Gasteiger partial charge on any atom is -0.387 e. The van der Waals surface area contributed by atoms with Gasteiger partial charge in [0.05, 0.1) is 5.84 Å². The Morgan fingerprint density at radius 3 is 3.00 bits per heavy atom. The first kappa shape index (κ1) is 11.8. The first-order chi connectivity index (χ1) is 6.99. The summed E-state index contributed by atoms with van der Waals surface area (Å²) in [6, 6.07) is 1.44. The predicted molar refractivity (Wildman–Crippen MR) is 61.4 cm³/mol. The zero-order chi connectivity index (χ0) is 11.4. The van der Waals surface area contributed by atoms with Gasteiger partial charge in [0, 0.05) is 23.4 Å². The molecule has 0 saturated carbocycles. The van der Waals surface area contributed by atoms with Crippen LogP contribution in [0.1, 0.15) is 12.6 Å². The lowest BCUT2D eigenvalue weighted by Crippen LogP contribution is -2.21. The average molecular weight is 226 g/mol. The third-order valence-electron chi connectivity index (χ3n) is 1.85. The summed E-state index contributed by atoms with van der Waals surface area (Å²) >= 11 is 1.40. The highest BCUT2D eigenvalue weighted by molar-refractivity contribution is 7.99. The van der Waals surface area contributed by atoms with Gasteiger partial charge in [-0.3, -0.25) is 10.2 Å². The molecule has 1 aromatic heterocycles. The smallest absolute Gasteiger partial charge is 0.251 e. The average Bonchev–Trinajstić information content (AvgIpc) is 2.12. The van der Waals surface area contributed by atoms with E-state index in [0.717, 1.165) is 0 Å². The molecule has 15 heavy (non-hydrogen) atoms. The molecule has 82 valence electrons. The molecule has 0 bridgehead atoms. The van der Waals surface area contributed by atoms with E-state index in [1.165, 1.54) is 17.8 Å². The highest BCUT2D eigenvalue weighted by Gasteiger charge is 2.07. The van der Waals surface area contributed by atoms with Crippen molar-refractivity contribution >= 4 is 17.6 Å². The van der Waals surface area contributed by atoms with E-state index in [-0.39, 0.29) is 17.3 Å². The number of nitrogens with zero attached hydrogens (tertiary/aromatic N) is 1. The van der Waals surface area contributed by atoms with E-state index in [0.29, 0.717) is 16.6 Å². The first-order valence-electron chi connectivity index (χ1n) is 4.53. The van der Waals surface area contributed by atoms with Gasteiger partial charge in [-0.15, -0.1) is 0 Å². The second kappa shape index (κ2) is 4.97. The maximum atomic E-state index is 11.1. The van der Waals surface area contributed by atoms with Crippen LogP contribution in [0.5, 0.6) is 0 Å². The topological polar surface area (TPSA) is 95.6 Å². The molecular weight excluding hydrogens is 212 g/mol. The quantitative estimate of drug-likeness (QED) is 0.305. The molecule has 0 aliphatic heterocycles. The van der Waals surface area contributed by atoms with Gasteiger partial charge in [-0.25, -0.2) is 4.98 Å². The van der Waals surface area contributed by atoms with Crippen LogP contribution in [0, 0.1) is 18.3 Å². The number of H-pyrrole nitrogens is 1. The van der Waals surface area contributed by atoms with E-state index in [1.807, 2.05) is 6.92 Å². The summed E-state index contributed by atoms with van der Waals surface area (Å²) in [7, 11) is 0. The Morgan fingerprint density at radius 1 is 1.80 bits per heavy atom. The van der Waals surface area contributed by atoms with Crippen molar-refractivity contribution in [2.24, 2.45) is 11.7 Å². The van der Waals surface area contributed by atoms with Gasteiger partial charge in [0.25, 0.3) is 5.56 Å². The standard InChI is InChI=1S/C9H14N4OS/c1-5(8(10)11)4-15-9-12-6(2)3-7(14)13-9/h3,5H,4H2,1-2H3,(H3,10,11)(H,12,13,14). The molecule has 4 N–H and O–H groups in total. The van der Waals surface area contributed by atoms with Crippen LogP contribution in [-0.4, -0.2) is 21.6 Å². The normalized spacial score (nSPS) is 12.4. The molecule has 1 rings (SSSR count). The maximum Gasteiger partial charge on any atom is 0.251 e. The number of nitrogens with one attached hydrogen (secondary N) is 2. The highest BCUT2D eigenvalue weighted by Crippen LogP contribution is 2.15. The van der Waals surface area contributed by atoms with Crippen LogP contribution in [0.2, 0.25) is 0 Å². The molecule has 1 atom stereocenters. The van der Waals surface area contributed by atoms with E-state index in [4.69, 9.17) is 11.1 Å². The molecule has 1 unspecified atom stereocenters. The molecule has 0 radical (unpaired) electrons. The largest absolute Gasteiger partial charge is 0.387 e. The zero-order valence-corrected chi connectivity index (χ0v) is 9.52. The van der Waals surface area contributed by atoms with Crippen LogP contribution >= 0.6 is 11.8 Å². The highest BCUT2D eigenvalue weighted by atomic mass is 32.2. The van der Waals surface area contributed by atoms with E-state index in [2.05, 4.69) is 9.97 Å². The fourth-order valence-corrected chi connectivity index (χ4v) is 1.88. The van der Waals surface area contributed by atoms with Crippen LogP contribution in [-0.2, 0) is 0 Å². The third kappa shape index (κ3) is 3.75. The van der Waals surface area contributed by atoms with Gasteiger partial charge >= 0.3 is 0 Å². The Labute approximate surface area is 92.0 Å². The molecular formula is C9H14N4OS. The molecule has 0 aliphatic carbocycles. The van der Waals surface area contributed by atoms with Crippen molar-refractivity contribution in [1.82, 2.24) is 9.97 Å². The molecule has 0 amide bonds. The number of hydrogen-bond acceptors (Lipinski definition) is 4. The van der Waals surface area contributed by atoms with Crippen molar-refractivity contribution in [2.75, 3.05) is 5.75 Å². The van der Waals surface area contributed by atoms with Gasteiger partial charge in [0.1, 0.15) is 0 Å². The summed E-state index contributed by atoms with van der Waals surface area (Å²) < 4.78 is 0. The molecule has 0 aromatic carbocycles. The fourth-order valence-electron chi connectivity index (χ4n) is 0.914. The van der Waals surface area contributed by atoms with Gasteiger partial charge in [-0.1, -0.05) is 18.7 Å². The first-order valence-corrected chi connectivity index (χ1v) is 5.52. The number of amidine groups is 1. The lowest BCUT2D eigenvalue weighted by Gasteiger charge is -2.07. The van der Waals surface area contributed by atoms with Gasteiger partial charge in [-0.2, -0.15) is 0 Å². The minimum absolute atomic E-state index is 0.0131. The lowest BCUT2D eigenvalue weighted by molar-refractivity contribution is 0.861. The fraction of sp³-hybridized carbons (Fsp3) is 0.444. The van der Waals surface area contributed by atoms with Gasteiger partial charge in [-0.05, 0) is 6.92 Å². The van der Waals surface area contributed by atoms with Crippen molar-refractivity contribution < 1.29 is 0 Å². The second-order valence-electron chi connectivity index (χ2n) is 3.36. The number of aromatic amines is 1. The van der Waals surface area contributed by atoms with E-state index in [9.17, 15) is 4.79 Å². The van der Waals surface area contributed by atoms with Crippen LogP contribution in [0.15, 0.2) is 16.0 Å². The number of hydrogen-bond donors (Lipinski definition) is 3. The van der Waals surface area contributed by atoms with Gasteiger partial charge in [0.2, 0.25) is 0 Å². The second-order valence-corrected chi connectivity index (χ2v) is 4.37. The minimum atomic E-state index is -0.152. The third-order valence-corrected chi connectivity index (χ3v) is 2.98. The summed E-state index contributed by atoms with van der Waals surface area (Å²) in [6.07, 6.45) is 0. The molecule has 5 nitrogen and oxygen atoms in total. The number of thioether (sulfide) groups is 1. The monoisotopic (exact) mass is 226 g/mol. The van der Waals surface area contributed by atoms with Crippen LogP contribution in [0.4, 0.5) is 0 Å². The van der Waals surface area contributed by atoms with E-state index in [1.54, 1.807) is 6.92 Å². The van der Waals surface area contributed by atoms with Crippen LogP contribution in [0.25, 0.3) is 0 Å². The Hall–Kier alpha value is -1.30. The maximum absolute atomic E-state index is 11.1. The molecule has 0 aliphatic rings. The Morgan fingerprint density at radius 2 is 2.47 bits per heavy atom. The number of aryl methyl sites for hydroxylation is 1. The van der Waals surface area contributed by atoms with Crippen molar-refractivity contribution in [2.45, 2.75) is 19.0 Å². The van der Waals surface area contributed by atoms with Crippen LogP contribution in [0.3, 0.4) is 0 Å². The summed E-state index contributed by atoms with van der Waals surface area (Å²) in [5, 5.41) is 7.80. The summed E-state index contributed by atoms with van der Waals surface area (Å²) in [4.78, 5) is 17.9. The summed E-state index contributed by atoms with van der Waals surface area (Å²) in [6.45, 7) is 3.64. The van der Waals surface area contributed by atoms with E-state index >= 15 is 0 Å². The number of nitrogens with two attached hydrogens (primary N) is 1. The lowest BCUT2D eigenvalue weighted by atomic mass is 10.2. The SMILES string of the molecule is Cc1cc(=O)[nH]c(SCC(C)C(=N)N)n1. The van der Waals surface area contributed by atoms with Crippen molar-refractivity contribution in [3.63, 3.8) is 0 Å². The molecule has 0 saturated heterocycles. The summed E-state index contributed by atoms with van der Waals surface area (Å²) in [5.74, 6) is 0.778. The summed E-state index contributed by atoms with van der Waals surface area (Å²) in [5.41, 5.74) is 5.88. The molecule has 1 heterocycles. The van der Waals surface area contributed by atoms with Gasteiger partial charge in [0.15, 0.2) is 5.16 Å². The van der Waals surface area contributed by atoms with Crippen molar-refractivity contribution in [1.29, 1.82) is 5.41 Å². The van der Waals surface area contributed by atoms with Crippen LogP contribution < -0.4 is 11.3 Å². The molecule has 1 aromatic rings. The zero-order valence-electron chi connectivity index (χ0n) is 8.70. The number of rotatable bonds is 4. The predicted octanol–water partition coefficient (Wildman–Crippen LogP) is 0.742. The van der Waals surface area contributed by atoms with Gasteiger partial charge < -0.3 is 10.7 Å². The molecule has 0 fully saturated rings. The molecule has 6 heteroatoms.